The molecule has 30 heavy (non-hydrogen) atoms. The molecule has 2 aromatic carbocycles. The quantitative estimate of drug-likeness (QED) is 0.463. The summed E-state index contributed by atoms with van der Waals surface area (Å²) in [7, 11) is 0. The van der Waals surface area contributed by atoms with Crippen molar-refractivity contribution in [1.29, 1.82) is 0 Å². The Bertz CT molecular complexity index is 1090. The highest BCUT2D eigenvalue weighted by molar-refractivity contribution is 5.96. The van der Waals surface area contributed by atoms with E-state index < -0.39 is 5.54 Å². The number of hydrogen-bond acceptors (Lipinski definition) is 2. The first kappa shape index (κ1) is 20.3. The smallest absolute Gasteiger partial charge is 0.268 e. The van der Waals surface area contributed by atoms with E-state index in [2.05, 4.69) is 49.1 Å². The highest BCUT2D eigenvalue weighted by Crippen LogP contribution is 2.43. The highest BCUT2D eigenvalue weighted by atomic mass is 16.7. The van der Waals surface area contributed by atoms with E-state index in [0.29, 0.717) is 6.61 Å². The number of aromatic nitrogens is 1. The maximum Gasteiger partial charge on any atom is 0.354 e. The molecule has 0 fully saturated rings. The van der Waals surface area contributed by atoms with E-state index >= 15 is 0 Å². The zero-order valence-electron chi connectivity index (χ0n) is 17.7. The highest BCUT2D eigenvalue weighted by Gasteiger charge is 2.51. The van der Waals surface area contributed by atoms with Crippen LogP contribution >= 0.6 is 0 Å². The van der Waals surface area contributed by atoms with Crippen LogP contribution in [0.1, 0.15) is 50.8 Å². The maximum absolute atomic E-state index is 13.4. The van der Waals surface area contributed by atoms with Crippen LogP contribution in [-0.4, -0.2) is 22.3 Å². The van der Waals surface area contributed by atoms with Gasteiger partial charge in [0.1, 0.15) is 0 Å². The molecule has 4 nitrogen and oxygen atoms in total. The second-order valence-corrected chi connectivity index (χ2v) is 7.67. The molecule has 4 heteroatoms. The average Bonchev–Trinajstić information content (AvgIpc) is 3.26. The minimum atomic E-state index is -0.751. The monoisotopic (exact) mass is 400 g/mol. The van der Waals surface area contributed by atoms with Gasteiger partial charge in [-0.1, -0.05) is 73.7 Å². The van der Waals surface area contributed by atoms with Crippen LogP contribution in [0.4, 0.5) is 4.79 Å². The minimum Gasteiger partial charge on any atom is -0.268 e. The van der Waals surface area contributed by atoms with Gasteiger partial charge in [-0.05, 0) is 43.9 Å². The first-order valence-electron chi connectivity index (χ1n) is 10.8. The fourth-order valence-electron chi connectivity index (χ4n) is 4.22. The van der Waals surface area contributed by atoms with Gasteiger partial charge in [0.05, 0.1) is 17.8 Å². The van der Waals surface area contributed by atoms with Crippen LogP contribution in [0.5, 0.6) is 0 Å². The predicted octanol–water partition coefficient (Wildman–Crippen LogP) is 5.90. The number of fused-ring (bicyclic) bond motifs is 3. The summed E-state index contributed by atoms with van der Waals surface area (Å²) in [4.78, 5) is 19.3. The predicted molar refractivity (Wildman–Crippen MR) is 120 cm³/mol. The zero-order valence-corrected chi connectivity index (χ0v) is 17.7. The van der Waals surface area contributed by atoms with E-state index in [-0.39, 0.29) is 6.03 Å². The van der Waals surface area contributed by atoms with Crippen LogP contribution < -0.4 is 0 Å². The molecule has 0 saturated carbocycles. The fraction of sp³-hybridized carbons (Fsp3) is 0.346. The molecule has 154 valence electrons. The second-order valence-electron chi connectivity index (χ2n) is 7.67. The van der Waals surface area contributed by atoms with Crippen LogP contribution in [0.2, 0.25) is 0 Å². The Labute approximate surface area is 178 Å². The summed E-state index contributed by atoms with van der Waals surface area (Å²) in [5.41, 5.74) is 2.35. The van der Waals surface area contributed by atoms with Gasteiger partial charge in [-0.3, -0.25) is 9.40 Å². The zero-order chi connectivity index (χ0) is 21.0. The van der Waals surface area contributed by atoms with Gasteiger partial charge in [-0.25, -0.2) is 4.79 Å². The van der Waals surface area contributed by atoms with Crippen molar-refractivity contribution >= 4 is 16.9 Å². The Morgan fingerprint density at radius 3 is 2.57 bits per heavy atom. The van der Waals surface area contributed by atoms with Crippen molar-refractivity contribution < 1.29 is 9.63 Å². The van der Waals surface area contributed by atoms with Crippen LogP contribution in [0.3, 0.4) is 0 Å². The normalized spacial score (nSPS) is 17.8. The number of hydrogen-bond donors (Lipinski definition) is 0. The summed E-state index contributed by atoms with van der Waals surface area (Å²) < 4.78 is 1.78. The summed E-state index contributed by atoms with van der Waals surface area (Å²) in [5, 5.41) is 2.59. The SMILES string of the molecule is CCCCC1(C#CCCc2ccccc2)c2cc3ccccc3n2C(=O)N1OCC. The number of nitrogens with zero attached hydrogens (tertiary/aromatic N) is 2. The Morgan fingerprint density at radius 1 is 1.03 bits per heavy atom. The third-order valence-corrected chi connectivity index (χ3v) is 5.67. The number of rotatable bonds is 7. The standard InChI is InChI=1S/C26H28N2O2/c1-3-5-18-26(19-12-11-15-21-13-7-6-8-14-21)24-20-22-16-9-10-17-23(22)27(24)25(29)28(26)30-4-2/h6-10,13-14,16-17,20H,3-5,11,15,18H2,1-2H3. The summed E-state index contributed by atoms with van der Waals surface area (Å²) >= 11 is 0. The molecule has 0 spiro atoms. The first-order valence-corrected chi connectivity index (χ1v) is 10.8. The molecule has 2 heterocycles. The van der Waals surface area contributed by atoms with Crippen molar-refractivity contribution in [1.82, 2.24) is 9.63 Å². The maximum atomic E-state index is 13.4. The number of aryl methyl sites for hydroxylation is 1. The molecule has 1 aliphatic heterocycles. The molecule has 4 rings (SSSR count). The van der Waals surface area contributed by atoms with Gasteiger partial charge in [-0.2, -0.15) is 5.06 Å². The first-order chi connectivity index (χ1) is 14.7. The lowest BCUT2D eigenvalue weighted by molar-refractivity contribution is -0.156. The molecule has 1 aliphatic rings. The number of carbonyl (C=O) groups excluding carboxylic acids is 1. The van der Waals surface area contributed by atoms with Crippen LogP contribution in [0.25, 0.3) is 10.9 Å². The lowest BCUT2D eigenvalue weighted by atomic mass is 9.89. The minimum absolute atomic E-state index is 0.151. The second kappa shape index (κ2) is 8.77. The third kappa shape index (κ3) is 3.51. The van der Waals surface area contributed by atoms with E-state index in [9.17, 15) is 4.79 Å². The van der Waals surface area contributed by atoms with Gasteiger partial charge in [-0.15, -0.1) is 0 Å². The van der Waals surface area contributed by atoms with Gasteiger partial charge in [0, 0.05) is 11.8 Å². The van der Waals surface area contributed by atoms with Crippen molar-refractivity contribution in [3.63, 3.8) is 0 Å². The number of benzene rings is 2. The third-order valence-electron chi connectivity index (χ3n) is 5.67. The average molecular weight is 401 g/mol. The van der Waals surface area contributed by atoms with Crippen LogP contribution in [0.15, 0.2) is 60.7 Å². The van der Waals surface area contributed by atoms with Gasteiger partial charge in [0.2, 0.25) is 0 Å². The Balaban J connectivity index is 1.76. The molecular weight excluding hydrogens is 372 g/mol. The van der Waals surface area contributed by atoms with E-state index in [1.54, 1.807) is 4.57 Å². The number of para-hydroxylation sites is 1. The Kier molecular flexibility index (Phi) is 5.92. The molecule has 0 N–H and O–H groups in total. The number of hydroxylamine groups is 2. The molecule has 1 aromatic heterocycles. The van der Waals surface area contributed by atoms with Gasteiger partial charge in [0.25, 0.3) is 0 Å². The van der Waals surface area contributed by atoms with E-state index in [4.69, 9.17) is 4.84 Å². The van der Waals surface area contributed by atoms with Gasteiger partial charge >= 0.3 is 6.03 Å². The topological polar surface area (TPSA) is 34.5 Å². The number of carbonyl (C=O) groups is 1. The van der Waals surface area contributed by atoms with Gasteiger partial charge < -0.3 is 0 Å². The Morgan fingerprint density at radius 2 is 1.80 bits per heavy atom. The molecular formula is C26H28N2O2. The molecule has 0 radical (unpaired) electrons. The van der Waals surface area contributed by atoms with Gasteiger partial charge in [0.15, 0.2) is 5.54 Å². The molecule has 1 unspecified atom stereocenters. The van der Waals surface area contributed by atoms with Crippen molar-refractivity contribution in [3.8, 4) is 11.8 Å². The lowest BCUT2D eigenvalue weighted by Crippen LogP contribution is -2.43. The summed E-state index contributed by atoms with van der Waals surface area (Å²) in [6, 6.07) is 20.3. The summed E-state index contributed by atoms with van der Waals surface area (Å²) in [6.07, 6.45) is 4.38. The summed E-state index contributed by atoms with van der Waals surface area (Å²) in [5.74, 6) is 6.87. The van der Waals surface area contributed by atoms with Crippen molar-refractivity contribution in [2.45, 2.75) is 51.5 Å². The van der Waals surface area contributed by atoms with E-state index in [1.165, 1.54) is 10.6 Å². The molecule has 0 aliphatic carbocycles. The fourth-order valence-corrected chi connectivity index (χ4v) is 4.22. The molecule has 0 bridgehead atoms. The van der Waals surface area contributed by atoms with E-state index in [1.807, 2.05) is 37.3 Å². The molecule has 3 aromatic rings. The van der Waals surface area contributed by atoms with Crippen molar-refractivity contribution in [2.75, 3.05) is 6.61 Å². The lowest BCUT2D eigenvalue weighted by Gasteiger charge is -2.32. The molecule has 0 saturated heterocycles. The van der Waals surface area contributed by atoms with Crippen LogP contribution in [0, 0.1) is 11.8 Å². The largest absolute Gasteiger partial charge is 0.354 e. The van der Waals surface area contributed by atoms with Crippen molar-refractivity contribution in [2.24, 2.45) is 0 Å². The van der Waals surface area contributed by atoms with Crippen LogP contribution in [-0.2, 0) is 16.8 Å². The number of unbranched alkanes of at least 4 members (excludes halogenated alkanes) is 1. The van der Waals surface area contributed by atoms with Crippen molar-refractivity contribution in [3.05, 3.63) is 71.9 Å². The molecule has 1 amide bonds. The Hall–Kier alpha value is -3.03. The number of amides is 1. The van der Waals surface area contributed by atoms with E-state index in [0.717, 1.165) is 48.7 Å². The summed E-state index contributed by atoms with van der Waals surface area (Å²) in [6.45, 7) is 4.49. The molecule has 1 atom stereocenters.